The predicted molar refractivity (Wildman–Crippen MR) is 161 cm³/mol. The molecule has 0 saturated heterocycles. The van der Waals surface area contributed by atoms with Gasteiger partial charge in [0, 0.05) is 28.0 Å². The Morgan fingerprint density at radius 2 is 1.60 bits per heavy atom. The number of hydrogen-bond acceptors (Lipinski definition) is 4. The quantitative estimate of drug-likeness (QED) is 0.165. The van der Waals surface area contributed by atoms with Gasteiger partial charge in [-0.25, -0.2) is 9.18 Å². The Hall–Kier alpha value is -3.95. The van der Waals surface area contributed by atoms with Crippen LogP contribution in [0.1, 0.15) is 28.6 Å². The van der Waals surface area contributed by atoms with Crippen molar-refractivity contribution in [3.05, 3.63) is 136 Å². The lowest BCUT2D eigenvalue weighted by molar-refractivity contribution is 0.247. The standard InChI is InChI=1S/C31H27BrFN5OS/c1-21-7-17-27(18-8-21)38-29(36-37-31(38)40-20-23-9-13-25(33)14-10-23)28(19-22-5-3-2-4-6-22)35-30(39)34-26-15-11-24(32)12-16-26/h2-18,28H,19-20H2,1H3,(H2,34,35,39). The molecule has 0 aliphatic heterocycles. The summed E-state index contributed by atoms with van der Waals surface area (Å²) in [5, 5.41) is 15.8. The Morgan fingerprint density at radius 3 is 2.30 bits per heavy atom. The molecule has 2 amide bonds. The third kappa shape index (κ3) is 7.16. The zero-order valence-corrected chi connectivity index (χ0v) is 24.1. The number of nitrogens with zero attached hydrogens (tertiary/aromatic N) is 3. The van der Waals surface area contributed by atoms with E-state index in [1.165, 1.54) is 23.9 Å². The van der Waals surface area contributed by atoms with E-state index >= 15 is 0 Å². The lowest BCUT2D eigenvalue weighted by atomic mass is 10.1. The number of benzene rings is 4. The molecule has 1 unspecified atom stereocenters. The summed E-state index contributed by atoms with van der Waals surface area (Å²) in [5.74, 6) is 0.931. The Bertz CT molecular complexity index is 1560. The molecule has 0 aliphatic rings. The average Bonchev–Trinajstić information content (AvgIpc) is 3.38. The number of nitrogens with one attached hydrogen (secondary N) is 2. The van der Waals surface area contributed by atoms with Crippen LogP contribution in [-0.2, 0) is 12.2 Å². The molecule has 202 valence electrons. The molecule has 0 saturated carbocycles. The van der Waals surface area contributed by atoms with E-state index in [4.69, 9.17) is 0 Å². The largest absolute Gasteiger partial charge is 0.327 e. The third-order valence-electron chi connectivity index (χ3n) is 6.23. The van der Waals surface area contributed by atoms with Gasteiger partial charge in [0.25, 0.3) is 0 Å². The zero-order valence-electron chi connectivity index (χ0n) is 21.7. The van der Waals surface area contributed by atoms with Gasteiger partial charge >= 0.3 is 6.03 Å². The van der Waals surface area contributed by atoms with Crippen molar-refractivity contribution in [1.82, 2.24) is 20.1 Å². The summed E-state index contributed by atoms with van der Waals surface area (Å²) in [6.45, 7) is 2.03. The summed E-state index contributed by atoms with van der Waals surface area (Å²) in [4.78, 5) is 13.2. The van der Waals surface area contributed by atoms with E-state index in [9.17, 15) is 9.18 Å². The van der Waals surface area contributed by atoms with E-state index in [-0.39, 0.29) is 11.8 Å². The van der Waals surface area contributed by atoms with Crippen molar-refractivity contribution in [3.8, 4) is 5.69 Å². The molecule has 9 heteroatoms. The van der Waals surface area contributed by atoms with Crippen LogP contribution in [0.3, 0.4) is 0 Å². The van der Waals surface area contributed by atoms with Crippen molar-refractivity contribution >= 4 is 39.4 Å². The fraction of sp³-hybridized carbons (Fsp3) is 0.129. The van der Waals surface area contributed by atoms with Crippen molar-refractivity contribution in [1.29, 1.82) is 0 Å². The summed E-state index contributed by atoms with van der Waals surface area (Å²) in [7, 11) is 0. The number of hydrogen-bond donors (Lipinski definition) is 2. The Balaban J connectivity index is 1.48. The van der Waals surface area contributed by atoms with Gasteiger partial charge < -0.3 is 10.6 Å². The Kier molecular flexibility index (Phi) is 8.93. The molecule has 1 aromatic heterocycles. The highest BCUT2D eigenvalue weighted by atomic mass is 79.9. The van der Waals surface area contributed by atoms with Crippen molar-refractivity contribution in [2.75, 3.05) is 5.32 Å². The van der Waals surface area contributed by atoms with E-state index in [1.807, 2.05) is 90.4 Å². The van der Waals surface area contributed by atoms with Crippen molar-refractivity contribution in [2.24, 2.45) is 0 Å². The molecule has 2 N–H and O–H groups in total. The summed E-state index contributed by atoms with van der Waals surface area (Å²) < 4.78 is 16.3. The first-order valence-corrected chi connectivity index (χ1v) is 14.5. The number of anilines is 1. The normalized spacial score (nSPS) is 11.7. The van der Waals surface area contributed by atoms with Gasteiger partial charge in [0.2, 0.25) is 0 Å². The maximum Gasteiger partial charge on any atom is 0.319 e. The number of aromatic nitrogens is 3. The van der Waals surface area contributed by atoms with E-state index in [2.05, 4.69) is 36.8 Å². The first-order valence-electron chi connectivity index (χ1n) is 12.7. The van der Waals surface area contributed by atoms with Gasteiger partial charge in [-0.3, -0.25) is 4.57 Å². The number of carbonyl (C=O) groups is 1. The van der Waals surface area contributed by atoms with Crippen LogP contribution in [0, 0.1) is 12.7 Å². The van der Waals surface area contributed by atoms with Crippen LogP contribution in [0.5, 0.6) is 0 Å². The van der Waals surface area contributed by atoms with Crippen LogP contribution < -0.4 is 10.6 Å². The topological polar surface area (TPSA) is 71.8 Å². The van der Waals surface area contributed by atoms with Crippen LogP contribution in [0.2, 0.25) is 0 Å². The highest BCUT2D eigenvalue weighted by Gasteiger charge is 2.25. The van der Waals surface area contributed by atoms with E-state index in [0.717, 1.165) is 26.9 Å². The van der Waals surface area contributed by atoms with Crippen molar-refractivity contribution in [3.63, 3.8) is 0 Å². The number of thioether (sulfide) groups is 1. The minimum Gasteiger partial charge on any atom is -0.327 e. The minimum atomic E-state index is -0.480. The van der Waals surface area contributed by atoms with Crippen LogP contribution >= 0.6 is 27.7 Å². The molecule has 0 bridgehead atoms. The predicted octanol–water partition coefficient (Wildman–Crippen LogP) is 7.88. The molecule has 0 radical (unpaired) electrons. The van der Waals surface area contributed by atoms with E-state index in [1.54, 1.807) is 12.1 Å². The minimum absolute atomic E-state index is 0.268. The second kappa shape index (κ2) is 12.9. The molecule has 1 heterocycles. The van der Waals surface area contributed by atoms with Crippen LogP contribution in [-0.4, -0.2) is 20.8 Å². The Labute approximate surface area is 245 Å². The monoisotopic (exact) mass is 615 g/mol. The molecule has 4 aromatic carbocycles. The fourth-order valence-corrected chi connectivity index (χ4v) is 5.36. The number of rotatable bonds is 9. The molecule has 0 aliphatic carbocycles. The van der Waals surface area contributed by atoms with E-state index in [0.29, 0.717) is 28.8 Å². The maximum absolute atomic E-state index is 13.4. The first-order chi connectivity index (χ1) is 19.4. The number of carbonyl (C=O) groups excluding carboxylic acids is 1. The molecule has 5 rings (SSSR count). The summed E-state index contributed by atoms with van der Waals surface area (Å²) in [5.41, 5.74) is 4.72. The second-order valence-corrected chi connectivity index (χ2v) is 11.1. The smallest absolute Gasteiger partial charge is 0.319 e. The lowest BCUT2D eigenvalue weighted by Crippen LogP contribution is -2.35. The SMILES string of the molecule is Cc1ccc(-n2c(SCc3ccc(F)cc3)nnc2C(Cc2ccccc2)NC(=O)Nc2ccc(Br)cc2)cc1. The first kappa shape index (κ1) is 27.6. The van der Waals surface area contributed by atoms with Crippen LogP contribution in [0.15, 0.2) is 113 Å². The van der Waals surface area contributed by atoms with Crippen LogP contribution in [0.4, 0.5) is 14.9 Å². The number of halogens is 2. The van der Waals surface area contributed by atoms with Crippen molar-refractivity contribution in [2.45, 2.75) is 30.3 Å². The lowest BCUT2D eigenvalue weighted by Gasteiger charge is -2.21. The van der Waals surface area contributed by atoms with Gasteiger partial charge in [0.15, 0.2) is 11.0 Å². The van der Waals surface area contributed by atoms with Gasteiger partial charge in [0.1, 0.15) is 5.82 Å². The molecule has 0 spiro atoms. The van der Waals surface area contributed by atoms with Gasteiger partial charge in [-0.15, -0.1) is 10.2 Å². The fourth-order valence-electron chi connectivity index (χ4n) is 4.18. The third-order valence-corrected chi connectivity index (χ3v) is 7.76. The summed E-state index contributed by atoms with van der Waals surface area (Å²) in [6.07, 6.45) is 0.515. The van der Waals surface area contributed by atoms with Gasteiger partial charge in [-0.1, -0.05) is 87.9 Å². The summed E-state index contributed by atoms with van der Waals surface area (Å²) in [6, 6.07) is 31.1. The van der Waals surface area contributed by atoms with Gasteiger partial charge in [0.05, 0.1) is 6.04 Å². The molecule has 40 heavy (non-hydrogen) atoms. The second-order valence-electron chi connectivity index (χ2n) is 9.27. The molecule has 6 nitrogen and oxygen atoms in total. The summed E-state index contributed by atoms with van der Waals surface area (Å²) >= 11 is 4.93. The molecule has 0 fully saturated rings. The van der Waals surface area contributed by atoms with Crippen molar-refractivity contribution < 1.29 is 9.18 Å². The highest BCUT2D eigenvalue weighted by molar-refractivity contribution is 9.10. The average molecular weight is 617 g/mol. The Morgan fingerprint density at radius 1 is 0.900 bits per heavy atom. The molecule has 5 aromatic rings. The van der Waals surface area contributed by atoms with Gasteiger partial charge in [-0.2, -0.15) is 0 Å². The highest BCUT2D eigenvalue weighted by Crippen LogP contribution is 2.29. The maximum atomic E-state index is 13.4. The molecule has 1 atom stereocenters. The molecular formula is C31H27BrFN5OS. The van der Waals surface area contributed by atoms with E-state index < -0.39 is 6.04 Å². The van der Waals surface area contributed by atoms with Gasteiger partial charge in [-0.05, 0) is 66.6 Å². The number of aryl methyl sites for hydroxylation is 1. The zero-order chi connectivity index (χ0) is 27.9. The molecular weight excluding hydrogens is 589 g/mol. The van der Waals surface area contributed by atoms with Crippen LogP contribution in [0.25, 0.3) is 5.69 Å². The number of amides is 2. The number of urea groups is 1.